The summed E-state index contributed by atoms with van der Waals surface area (Å²) in [4.78, 5) is 21.2. The molecule has 104 valence electrons. The van der Waals surface area contributed by atoms with Gasteiger partial charge < -0.3 is 10.4 Å². The Morgan fingerprint density at radius 2 is 2.00 bits per heavy atom. The second-order valence-electron chi connectivity index (χ2n) is 3.63. The third-order valence-electron chi connectivity index (χ3n) is 1.87. The van der Waals surface area contributed by atoms with Gasteiger partial charge in [0.05, 0.1) is 16.4 Å². The highest BCUT2D eigenvalue weighted by atomic mass is 35.5. The molecule has 0 spiro atoms. The Morgan fingerprint density at radius 1 is 1.37 bits per heavy atom. The van der Waals surface area contributed by atoms with Crippen molar-refractivity contribution >= 4 is 44.9 Å². The molecule has 9 heteroatoms. The Kier molecular flexibility index (Phi) is 4.73. The van der Waals surface area contributed by atoms with Crippen LogP contribution in [0.1, 0.15) is 6.92 Å². The fourth-order valence-corrected chi connectivity index (χ4v) is 2.36. The summed E-state index contributed by atoms with van der Waals surface area (Å²) in [6.07, 6.45) is 0. The van der Waals surface area contributed by atoms with Crippen LogP contribution in [0.2, 0.25) is 5.02 Å². The lowest BCUT2D eigenvalue weighted by Gasteiger charge is -2.09. The average Bonchev–Trinajstić information content (AvgIpc) is 2.18. The van der Waals surface area contributed by atoms with Crippen molar-refractivity contribution in [1.29, 1.82) is 0 Å². The predicted octanol–water partition coefficient (Wildman–Crippen LogP) is 1.12. The highest BCUT2D eigenvalue weighted by molar-refractivity contribution is 7.93. The first-order chi connectivity index (χ1) is 8.69. The van der Waals surface area contributed by atoms with Gasteiger partial charge in [0.1, 0.15) is 0 Å². The zero-order valence-corrected chi connectivity index (χ0v) is 11.4. The van der Waals surface area contributed by atoms with Crippen molar-refractivity contribution in [2.45, 2.75) is 6.92 Å². The van der Waals surface area contributed by atoms with E-state index in [0.29, 0.717) is 5.69 Å². The molecule has 0 saturated carbocycles. The maximum atomic E-state index is 11.4. The first-order valence-corrected chi connectivity index (χ1v) is 7.02. The summed E-state index contributed by atoms with van der Waals surface area (Å²) >= 11 is 5.84. The number of rotatable bonds is 5. The van der Waals surface area contributed by atoms with Gasteiger partial charge >= 0.3 is 5.97 Å². The van der Waals surface area contributed by atoms with Gasteiger partial charge in [-0.1, -0.05) is 11.6 Å². The SMILES string of the molecule is CC(=O)Nc1ccc(NS(=O)(=O)CC(=O)O)cc1Cl. The van der Waals surface area contributed by atoms with Gasteiger partial charge in [0.2, 0.25) is 15.9 Å². The smallest absolute Gasteiger partial charge is 0.320 e. The number of amides is 1. The molecule has 1 aromatic rings. The second-order valence-corrected chi connectivity index (χ2v) is 5.76. The molecule has 1 aromatic carbocycles. The molecular formula is C10H11ClN2O5S. The van der Waals surface area contributed by atoms with Gasteiger partial charge in [-0.05, 0) is 18.2 Å². The summed E-state index contributed by atoms with van der Waals surface area (Å²) in [6.45, 7) is 1.31. The number of benzene rings is 1. The Labute approximate surface area is 114 Å². The van der Waals surface area contributed by atoms with E-state index in [9.17, 15) is 18.0 Å². The van der Waals surface area contributed by atoms with E-state index in [2.05, 4.69) is 10.0 Å². The Morgan fingerprint density at radius 3 is 2.47 bits per heavy atom. The van der Waals surface area contributed by atoms with Gasteiger partial charge in [0, 0.05) is 6.92 Å². The van der Waals surface area contributed by atoms with Crippen molar-refractivity contribution in [3.63, 3.8) is 0 Å². The van der Waals surface area contributed by atoms with Gasteiger partial charge in [0.15, 0.2) is 5.75 Å². The Hall–Kier alpha value is -1.80. The quantitative estimate of drug-likeness (QED) is 0.754. The minimum Gasteiger partial charge on any atom is -0.480 e. The molecule has 0 saturated heterocycles. The minimum atomic E-state index is -3.98. The van der Waals surface area contributed by atoms with Crippen molar-refractivity contribution in [2.24, 2.45) is 0 Å². The van der Waals surface area contributed by atoms with Crippen molar-refractivity contribution in [3.8, 4) is 0 Å². The number of anilines is 2. The third-order valence-corrected chi connectivity index (χ3v) is 3.35. The number of carbonyl (C=O) groups is 2. The maximum Gasteiger partial charge on any atom is 0.320 e. The summed E-state index contributed by atoms with van der Waals surface area (Å²) in [6, 6.07) is 4.03. The number of hydrogen-bond acceptors (Lipinski definition) is 4. The number of carboxylic acids is 1. The highest BCUT2D eigenvalue weighted by Crippen LogP contribution is 2.26. The normalized spacial score (nSPS) is 10.8. The fraction of sp³-hybridized carbons (Fsp3) is 0.200. The molecule has 0 heterocycles. The minimum absolute atomic E-state index is 0.111. The van der Waals surface area contributed by atoms with Crippen LogP contribution in [-0.4, -0.2) is 31.2 Å². The zero-order valence-electron chi connectivity index (χ0n) is 9.81. The molecule has 19 heavy (non-hydrogen) atoms. The van der Waals surface area contributed by atoms with Crippen LogP contribution in [0, 0.1) is 0 Å². The number of aliphatic carboxylic acids is 1. The maximum absolute atomic E-state index is 11.4. The molecule has 0 atom stereocenters. The molecule has 0 aromatic heterocycles. The molecule has 1 rings (SSSR count). The van der Waals surface area contributed by atoms with Crippen LogP contribution in [-0.2, 0) is 19.6 Å². The summed E-state index contributed by atoms with van der Waals surface area (Å²) in [5.41, 5.74) is 0.440. The molecule has 7 nitrogen and oxygen atoms in total. The first-order valence-electron chi connectivity index (χ1n) is 4.99. The molecule has 0 radical (unpaired) electrons. The van der Waals surface area contributed by atoms with E-state index in [-0.39, 0.29) is 16.6 Å². The zero-order chi connectivity index (χ0) is 14.6. The van der Waals surface area contributed by atoms with Crippen LogP contribution in [0.3, 0.4) is 0 Å². The van der Waals surface area contributed by atoms with E-state index in [1.165, 1.54) is 25.1 Å². The van der Waals surface area contributed by atoms with Crippen molar-refractivity contribution in [2.75, 3.05) is 15.8 Å². The van der Waals surface area contributed by atoms with Crippen molar-refractivity contribution in [1.82, 2.24) is 0 Å². The molecular weight excluding hydrogens is 296 g/mol. The number of hydrogen-bond donors (Lipinski definition) is 3. The van der Waals surface area contributed by atoms with E-state index in [1.54, 1.807) is 0 Å². The standard InChI is InChI=1S/C10H11ClN2O5S/c1-6(14)12-9-3-2-7(4-8(9)11)13-19(17,18)5-10(15)16/h2-4,13H,5H2,1H3,(H,12,14)(H,15,16). The van der Waals surface area contributed by atoms with E-state index in [1.807, 2.05) is 0 Å². The van der Waals surface area contributed by atoms with E-state index in [4.69, 9.17) is 16.7 Å². The second kappa shape index (κ2) is 5.89. The van der Waals surface area contributed by atoms with Crippen LogP contribution >= 0.6 is 11.6 Å². The Balaban J connectivity index is 2.90. The number of sulfonamides is 1. The molecule has 0 aliphatic heterocycles. The van der Waals surface area contributed by atoms with Gasteiger partial charge in [-0.2, -0.15) is 0 Å². The molecule has 0 fully saturated rings. The molecule has 1 amide bonds. The first kappa shape index (κ1) is 15.3. The third kappa shape index (κ3) is 5.14. The summed E-state index contributed by atoms with van der Waals surface area (Å²) < 4.78 is 24.8. The monoisotopic (exact) mass is 306 g/mol. The van der Waals surface area contributed by atoms with Gasteiger partial charge in [-0.3, -0.25) is 14.3 Å². The van der Waals surface area contributed by atoms with Crippen LogP contribution in [0.5, 0.6) is 0 Å². The van der Waals surface area contributed by atoms with Crippen LogP contribution in [0.15, 0.2) is 18.2 Å². The van der Waals surface area contributed by atoms with Crippen molar-refractivity contribution in [3.05, 3.63) is 23.2 Å². The van der Waals surface area contributed by atoms with E-state index < -0.39 is 21.7 Å². The molecule has 0 bridgehead atoms. The molecule has 3 N–H and O–H groups in total. The summed E-state index contributed by atoms with van der Waals surface area (Å²) in [5.74, 6) is -2.83. The van der Waals surface area contributed by atoms with Crippen LogP contribution < -0.4 is 10.0 Å². The van der Waals surface area contributed by atoms with Crippen LogP contribution in [0.4, 0.5) is 11.4 Å². The average molecular weight is 307 g/mol. The number of carbonyl (C=O) groups excluding carboxylic acids is 1. The summed E-state index contributed by atoms with van der Waals surface area (Å²) in [5, 5.41) is 11.0. The molecule has 0 aliphatic rings. The lowest BCUT2D eigenvalue weighted by molar-refractivity contribution is -0.134. The Bertz CT molecular complexity index is 614. The fourth-order valence-electron chi connectivity index (χ4n) is 1.25. The number of carboxylic acid groups (broad SMARTS) is 1. The number of halogens is 1. The lowest BCUT2D eigenvalue weighted by Crippen LogP contribution is -2.22. The van der Waals surface area contributed by atoms with Gasteiger partial charge in [-0.15, -0.1) is 0 Å². The molecule has 0 unspecified atom stereocenters. The summed E-state index contributed by atoms with van der Waals surface area (Å²) in [7, 11) is -3.98. The van der Waals surface area contributed by atoms with E-state index >= 15 is 0 Å². The van der Waals surface area contributed by atoms with Gasteiger partial charge in [0.25, 0.3) is 0 Å². The van der Waals surface area contributed by atoms with Crippen LogP contribution in [0.25, 0.3) is 0 Å². The lowest BCUT2D eigenvalue weighted by atomic mass is 10.3. The van der Waals surface area contributed by atoms with Gasteiger partial charge in [-0.25, -0.2) is 8.42 Å². The topological polar surface area (TPSA) is 113 Å². The predicted molar refractivity (Wildman–Crippen MR) is 70.8 cm³/mol. The highest BCUT2D eigenvalue weighted by Gasteiger charge is 2.16. The number of nitrogens with one attached hydrogen (secondary N) is 2. The van der Waals surface area contributed by atoms with E-state index in [0.717, 1.165) is 0 Å². The van der Waals surface area contributed by atoms with Crippen molar-refractivity contribution < 1.29 is 23.1 Å². The largest absolute Gasteiger partial charge is 0.480 e. The molecule has 0 aliphatic carbocycles.